The molecule has 0 spiro atoms. The van der Waals surface area contributed by atoms with Gasteiger partial charge in [0.25, 0.3) is 0 Å². The van der Waals surface area contributed by atoms with E-state index in [9.17, 15) is 57.1 Å². The third kappa shape index (κ3) is 7.06. The molecular weight excluding hydrogens is 383 g/mol. The van der Waals surface area contributed by atoms with E-state index >= 15 is 0 Å². The SMILES string of the molecule is FC(F)(F)SC(F)(F)C(C(F)(F)F)C(F)(F)SC(F)(F)F. The number of hydrogen-bond acceptors (Lipinski definition) is 2. The van der Waals surface area contributed by atoms with Gasteiger partial charge in [0, 0.05) is 23.5 Å². The first kappa shape index (κ1) is 20.8. The Labute approximate surface area is 115 Å². The van der Waals surface area contributed by atoms with Crippen LogP contribution in [-0.2, 0) is 0 Å². The van der Waals surface area contributed by atoms with Crippen molar-refractivity contribution in [1.29, 1.82) is 0 Å². The normalized spacial score (nSPS) is 15.7. The number of halogens is 13. The van der Waals surface area contributed by atoms with Crippen LogP contribution in [0.2, 0.25) is 0 Å². The Bertz CT molecular complexity index is 321. The molecule has 0 saturated heterocycles. The Balaban J connectivity index is 5.70. The molecule has 0 aliphatic rings. The molecule has 0 saturated carbocycles. The molecule has 0 bridgehead atoms. The molecule has 0 rings (SSSR count). The van der Waals surface area contributed by atoms with Crippen molar-refractivity contribution in [2.24, 2.45) is 5.92 Å². The van der Waals surface area contributed by atoms with E-state index < -0.39 is 57.1 Å². The average Bonchev–Trinajstić information content (AvgIpc) is 1.83. The summed E-state index contributed by atoms with van der Waals surface area (Å²) in [5.74, 6) is -5.49. The zero-order valence-electron chi connectivity index (χ0n) is 8.81. The summed E-state index contributed by atoms with van der Waals surface area (Å²) >= 11 is -5.53. The van der Waals surface area contributed by atoms with E-state index in [1.165, 1.54) is 0 Å². The maximum atomic E-state index is 12.8. The Morgan fingerprint density at radius 1 is 0.476 bits per heavy atom. The van der Waals surface area contributed by atoms with Crippen LogP contribution in [0.25, 0.3) is 0 Å². The van der Waals surface area contributed by atoms with Crippen LogP contribution in [0.1, 0.15) is 0 Å². The molecule has 0 unspecified atom stereocenters. The van der Waals surface area contributed by atoms with Gasteiger partial charge in [0.2, 0.25) is 5.92 Å². The van der Waals surface area contributed by atoms with E-state index in [0.717, 1.165) is 0 Å². The molecule has 0 nitrogen and oxygen atoms in total. The van der Waals surface area contributed by atoms with Crippen LogP contribution < -0.4 is 0 Å². The lowest BCUT2D eigenvalue weighted by Crippen LogP contribution is -2.49. The molecule has 0 aliphatic carbocycles. The lowest BCUT2D eigenvalue weighted by atomic mass is 10.1. The molecule has 128 valence electrons. The van der Waals surface area contributed by atoms with Gasteiger partial charge in [0.05, 0.1) is 0 Å². The van der Waals surface area contributed by atoms with Gasteiger partial charge in [-0.25, -0.2) is 0 Å². The van der Waals surface area contributed by atoms with E-state index in [1.807, 2.05) is 0 Å². The second-order valence-corrected chi connectivity index (χ2v) is 5.62. The quantitative estimate of drug-likeness (QED) is 0.558. The third-order valence-corrected chi connectivity index (χ3v) is 2.98. The lowest BCUT2D eigenvalue weighted by Gasteiger charge is -2.33. The van der Waals surface area contributed by atoms with Gasteiger partial charge in [0.1, 0.15) is 0 Å². The van der Waals surface area contributed by atoms with Gasteiger partial charge in [0.15, 0.2) is 0 Å². The largest absolute Gasteiger partial charge is 0.447 e. The fourth-order valence-electron chi connectivity index (χ4n) is 1.00. The molecule has 0 N–H and O–H groups in total. The monoisotopic (exact) mass is 384 g/mol. The van der Waals surface area contributed by atoms with Gasteiger partial charge in [-0.3, -0.25) is 0 Å². The van der Waals surface area contributed by atoms with Gasteiger partial charge in [-0.1, -0.05) is 0 Å². The molecule has 0 aliphatic heterocycles. The van der Waals surface area contributed by atoms with Crippen molar-refractivity contribution in [2.45, 2.75) is 27.7 Å². The summed E-state index contributed by atoms with van der Waals surface area (Å²) in [7, 11) is 0. The highest BCUT2D eigenvalue weighted by Gasteiger charge is 2.72. The molecule has 0 fully saturated rings. The molecule has 0 aromatic heterocycles. The zero-order valence-corrected chi connectivity index (χ0v) is 10.4. The number of rotatable bonds is 4. The zero-order chi connectivity index (χ0) is 17.5. The number of hydrogen-bond donors (Lipinski definition) is 0. The second kappa shape index (κ2) is 5.77. The number of alkyl halides is 13. The molecule has 0 heterocycles. The summed E-state index contributed by atoms with van der Waals surface area (Å²) in [6, 6.07) is 0. The maximum Gasteiger partial charge on any atom is 0.447 e. The topological polar surface area (TPSA) is 0 Å². The van der Waals surface area contributed by atoms with Gasteiger partial charge in [-0.15, -0.1) is 0 Å². The van der Waals surface area contributed by atoms with Crippen LogP contribution in [0.3, 0.4) is 0 Å². The van der Waals surface area contributed by atoms with Crippen molar-refractivity contribution in [3.05, 3.63) is 0 Å². The first-order valence-corrected chi connectivity index (χ1v) is 5.77. The maximum absolute atomic E-state index is 12.8. The summed E-state index contributed by atoms with van der Waals surface area (Å²) in [6.45, 7) is 0. The smallest absolute Gasteiger partial charge is 0.193 e. The van der Waals surface area contributed by atoms with Gasteiger partial charge >= 0.3 is 27.7 Å². The van der Waals surface area contributed by atoms with E-state index in [0.29, 0.717) is 0 Å². The summed E-state index contributed by atoms with van der Waals surface area (Å²) < 4.78 is 158. The Hall–Kier alpha value is -0.210. The lowest BCUT2D eigenvalue weighted by molar-refractivity contribution is -0.259. The molecule has 15 heteroatoms. The molecular formula is C6HF13S2. The number of thioether (sulfide) groups is 2. The van der Waals surface area contributed by atoms with Crippen LogP contribution in [0.15, 0.2) is 0 Å². The minimum absolute atomic E-state index is 2.77. The fraction of sp³-hybridized carbons (Fsp3) is 1.00. The van der Waals surface area contributed by atoms with E-state index in [1.54, 1.807) is 0 Å². The Kier molecular flexibility index (Phi) is 5.72. The molecule has 21 heavy (non-hydrogen) atoms. The Morgan fingerprint density at radius 2 is 0.714 bits per heavy atom. The predicted molar refractivity (Wildman–Crippen MR) is 46.7 cm³/mol. The van der Waals surface area contributed by atoms with Crippen molar-refractivity contribution in [3.8, 4) is 0 Å². The van der Waals surface area contributed by atoms with Crippen molar-refractivity contribution >= 4 is 23.5 Å². The highest BCUT2D eigenvalue weighted by molar-refractivity contribution is 8.02. The summed E-state index contributed by atoms with van der Waals surface area (Å²) in [5, 5.41) is -12.5. The van der Waals surface area contributed by atoms with Crippen LogP contribution in [0.4, 0.5) is 57.1 Å². The van der Waals surface area contributed by atoms with Crippen LogP contribution >= 0.6 is 23.5 Å². The molecule has 0 aromatic carbocycles. The van der Waals surface area contributed by atoms with Crippen molar-refractivity contribution < 1.29 is 57.1 Å². The highest BCUT2D eigenvalue weighted by atomic mass is 32.2. The van der Waals surface area contributed by atoms with Crippen molar-refractivity contribution in [2.75, 3.05) is 0 Å². The van der Waals surface area contributed by atoms with Crippen LogP contribution in [0.5, 0.6) is 0 Å². The Morgan fingerprint density at radius 3 is 0.857 bits per heavy atom. The summed E-state index contributed by atoms with van der Waals surface area (Å²) in [6.07, 6.45) is -6.72. The first-order valence-electron chi connectivity index (χ1n) is 4.14. The van der Waals surface area contributed by atoms with Gasteiger partial charge < -0.3 is 0 Å². The third-order valence-electron chi connectivity index (χ3n) is 1.50. The minimum atomic E-state index is -6.72. The molecule has 0 radical (unpaired) electrons. The highest BCUT2D eigenvalue weighted by Crippen LogP contribution is 2.60. The van der Waals surface area contributed by atoms with E-state index in [2.05, 4.69) is 0 Å². The standard InChI is InChI=1S/C6HF13S2/c7-2(8,9)1(3(10,11)20-5(14,15)16)4(12,13)21-6(17,18)19/h1H. The van der Waals surface area contributed by atoms with E-state index in [4.69, 9.17) is 0 Å². The minimum Gasteiger partial charge on any atom is -0.193 e. The molecule has 0 aromatic rings. The average molecular weight is 384 g/mol. The summed E-state index contributed by atoms with van der Waals surface area (Å²) in [5.41, 5.74) is -12.2. The molecule has 0 atom stereocenters. The van der Waals surface area contributed by atoms with Gasteiger partial charge in [-0.2, -0.15) is 57.1 Å². The summed E-state index contributed by atoms with van der Waals surface area (Å²) in [4.78, 5) is 0. The second-order valence-electron chi connectivity index (χ2n) is 3.19. The van der Waals surface area contributed by atoms with Crippen LogP contribution in [0, 0.1) is 5.92 Å². The van der Waals surface area contributed by atoms with Crippen molar-refractivity contribution in [3.63, 3.8) is 0 Å². The first-order chi connectivity index (χ1) is 8.78. The van der Waals surface area contributed by atoms with Gasteiger partial charge in [-0.05, 0) is 0 Å². The fourth-order valence-corrected chi connectivity index (χ4v) is 2.49. The van der Waals surface area contributed by atoms with E-state index in [-0.39, 0.29) is 0 Å². The van der Waals surface area contributed by atoms with Crippen LogP contribution in [-0.4, -0.2) is 27.7 Å². The molecule has 0 amide bonds. The van der Waals surface area contributed by atoms with Crippen molar-refractivity contribution in [1.82, 2.24) is 0 Å². The predicted octanol–water partition coefficient (Wildman–Crippen LogP) is 5.86.